The van der Waals surface area contributed by atoms with E-state index in [1.165, 1.54) is 0 Å². The number of esters is 1. The van der Waals surface area contributed by atoms with Crippen LogP contribution in [0, 0.1) is 5.92 Å². The molecular formula is C22H23ClNO4P. The predicted molar refractivity (Wildman–Crippen MR) is 116 cm³/mol. The van der Waals surface area contributed by atoms with Crippen molar-refractivity contribution in [1.82, 2.24) is 5.09 Å². The summed E-state index contributed by atoms with van der Waals surface area (Å²) in [6.07, 6.45) is 0. The summed E-state index contributed by atoms with van der Waals surface area (Å²) in [6, 6.07) is 21.4. The van der Waals surface area contributed by atoms with E-state index in [0.29, 0.717) is 5.75 Å². The van der Waals surface area contributed by atoms with Gasteiger partial charge in [0.15, 0.2) is 0 Å². The van der Waals surface area contributed by atoms with Gasteiger partial charge in [0.1, 0.15) is 18.4 Å². The fourth-order valence-electron chi connectivity index (χ4n) is 2.89. The van der Waals surface area contributed by atoms with Gasteiger partial charge in [-0.2, -0.15) is 0 Å². The summed E-state index contributed by atoms with van der Waals surface area (Å²) in [5, 5.41) is 4.38. The van der Waals surface area contributed by atoms with Gasteiger partial charge in [-0.3, -0.25) is 4.79 Å². The molecule has 0 saturated carbocycles. The van der Waals surface area contributed by atoms with E-state index in [1.807, 2.05) is 74.5 Å². The van der Waals surface area contributed by atoms with Crippen molar-refractivity contribution in [2.45, 2.75) is 26.5 Å². The van der Waals surface area contributed by atoms with E-state index < -0.39 is 18.9 Å². The Morgan fingerprint density at radius 2 is 1.66 bits per heavy atom. The largest absolute Gasteiger partial charge is 0.460 e. The molecule has 0 spiro atoms. The van der Waals surface area contributed by atoms with E-state index in [9.17, 15) is 9.36 Å². The number of ether oxygens (including phenoxy) is 1. The van der Waals surface area contributed by atoms with Crippen LogP contribution >= 0.6 is 18.1 Å². The first-order chi connectivity index (χ1) is 13.9. The molecule has 3 aromatic rings. The van der Waals surface area contributed by atoms with Crippen LogP contribution in [-0.4, -0.2) is 12.0 Å². The number of nitrogens with one attached hydrogen (secondary N) is 1. The zero-order chi connectivity index (χ0) is 20.9. The summed E-state index contributed by atoms with van der Waals surface area (Å²) in [6.45, 7) is -0.0991. The number of carbonyl (C=O) groups excluding carboxylic acids is 1. The fraction of sp³-hybridized carbons (Fsp3) is 0.227. The highest BCUT2D eigenvalue weighted by molar-refractivity contribution is 7.84. The summed E-state index contributed by atoms with van der Waals surface area (Å²) < 4.78 is 23.9. The van der Waals surface area contributed by atoms with Crippen molar-refractivity contribution in [1.29, 1.82) is 0 Å². The van der Waals surface area contributed by atoms with Crippen molar-refractivity contribution >= 4 is 34.9 Å². The molecule has 3 aromatic carbocycles. The molecule has 152 valence electrons. The van der Waals surface area contributed by atoms with Gasteiger partial charge in [0, 0.05) is 16.6 Å². The Morgan fingerprint density at radius 1 is 1.00 bits per heavy atom. The van der Waals surface area contributed by atoms with Crippen LogP contribution in [0.25, 0.3) is 10.8 Å². The van der Waals surface area contributed by atoms with E-state index in [0.717, 1.165) is 16.3 Å². The molecule has 2 unspecified atom stereocenters. The lowest BCUT2D eigenvalue weighted by Gasteiger charge is -2.24. The average molecular weight is 432 g/mol. The third-order valence-corrected chi connectivity index (χ3v) is 5.92. The van der Waals surface area contributed by atoms with Gasteiger partial charge in [-0.25, -0.2) is 9.65 Å². The van der Waals surface area contributed by atoms with Crippen LogP contribution < -0.4 is 9.61 Å². The van der Waals surface area contributed by atoms with Gasteiger partial charge < -0.3 is 9.26 Å². The molecule has 0 bridgehead atoms. The quantitative estimate of drug-likeness (QED) is 0.354. The average Bonchev–Trinajstić information content (AvgIpc) is 2.71. The van der Waals surface area contributed by atoms with E-state index in [1.54, 1.807) is 12.1 Å². The SMILES string of the molecule is CC(C)C(NP(=O)(Cl)Oc1cccc2ccccc12)C(=O)OCc1ccccc1. The Balaban J connectivity index is 1.71. The molecular weight excluding hydrogens is 409 g/mol. The number of rotatable bonds is 8. The summed E-state index contributed by atoms with van der Waals surface area (Å²) in [7, 11) is 0. The molecule has 3 rings (SSSR count). The van der Waals surface area contributed by atoms with Crippen LogP contribution in [0.5, 0.6) is 5.75 Å². The lowest BCUT2D eigenvalue weighted by atomic mass is 10.1. The third-order valence-electron chi connectivity index (χ3n) is 4.40. The summed E-state index contributed by atoms with van der Waals surface area (Å²) >= 11 is 6.19. The van der Waals surface area contributed by atoms with Gasteiger partial charge in [-0.05, 0) is 22.9 Å². The van der Waals surface area contributed by atoms with Crippen LogP contribution in [0.15, 0.2) is 72.8 Å². The third kappa shape index (κ3) is 5.83. The highest BCUT2D eigenvalue weighted by Crippen LogP contribution is 2.50. The van der Waals surface area contributed by atoms with Crippen molar-refractivity contribution in [2.75, 3.05) is 0 Å². The number of hydrogen-bond donors (Lipinski definition) is 1. The van der Waals surface area contributed by atoms with Crippen molar-refractivity contribution in [3.05, 3.63) is 78.4 Å². The predicted octanol–water partition coefficient (Wildman–Crippen LogP) is 5.92. The number of halogens is 1. The van der Waals surface area contributed by atoms with Gasteiger partial charge in [0.25, 0.3) is 0 Å². The highest BCUT2D eigenvalue weighted by atomic mass is 35.7. The minimum absolute atomic E-state index is 0.126. The number of benzene rings is 3. The Morgan fingerprint density at radius 3 is 2.38 bits per heavy atom. The van der Waals surface area contributed by atoms with E-state index in [2.05, 4.69) is 5.09 Å². The van der Waals surface area contributed by atoms with Crippen molar-refractivity contribution in [3.63, 3.8) is 0 Å². The first-order valence-corrected chi connectivity index (χ1v) is 11.8. The minimum Gasteiger partial charge on any atom is -0.460 e. The Bertz CT molecular complexity index is 1020. The topological polar surface area (TPSA) is 64.6 Å². The van der Waals surface area contributed by atoms with E-state index in [4.69, 9.17) is 20.5 Å². The molecule has 7 heteroatoms. The van der Waals surface area contributed by atoms with E-state index in [-0.39, 0.29) is 12.5 Å². The molecule has 0 saturated heterocycles. The molecule has 0 fully saturated rings. The van der Waals surface area contributed by atoms with E-state index >= 15 is 0 Å². The number of fused-ring (bicyclic) bond motifs is 1. The molecule has 0 aliphatic carbocycles. The molecule has 0 heterocycles. The Labute approximate surface area is 175 Å². The van der Waals surface area contributed by atoms with Crippen LogP contribution in [0.1, 0.15) is 19.4 Å². The van der Waals surface area contributed by atoms with Crippen LogP contribution in [0.4, 0.5) is 0 Å². The Kier molecular flexibility index (Phi) is 6.96. The maximum absolute atomic E-state index is 12.9. The van der Waals surface area contributed by atoms with Gasteiger partial charge in [0.05, 0.1) is 0 Å². The monoisotopic (exact) mass is 431 g/mol. The molecule has 0 aromatic heterocycles. The van der Waals surface area contributed by atoms with Crippen LogP contribution in [-0.2, 0) is 20.7 Å². The smallest absolute Gasteiger partial charge is 0.409 e. The summed E-state index contributed by atoms with van der Waals surface area (Å²) in [5.41, 5.74) is 0.865. The van der Waals surface area contributed by atoms with Crippen LogP contribution in [0.2, 0.25) is 0 Å². The molecule has 2 atom stereocenters. The van der Waals surface area contributed by atoms with Crippen molar-refractivity contribution < 1.29 is 18.6 Å². The standard InChI is InChI=1S/C22H23ClNO4P/c1-16(2)21(22(25)27-15-17-9-4-3-5-10-17)24-29(23,26)28-20-14-8-12-18-11-6-7-13-19(18)20/h3-14,16,21H,15H2,1-2H3,(H,24,26). The molecule has 0 amide bonds. The Hall–Kier alpha value is -2.33. The van der Waals surface area contributed by atoms with Gasteiger partial charge in [-0.1, -0.05) is 80.6 Å². The molecule has 1 N–H and O–H groups in total. The molecule has 0 aliphatic heterocycles. The van der Waals surface area contributed by atoms with Crippen LogP contribution in [0.3, 0.4) is 0 Å². The number of carbonyl (C=O) groups is 1. The second-order valence-electron chi connectivity index (χ2n) is 6.99. The number of hydrogen-bond acceptors (Lipinski definition) is 4. The van der Waals surface area contributed by atoms with Crippen molar-refractivity contribution in [3.8, 4) is 5.75 Å². The fourth-order valence-corrected chi connectivity index (χ4v) is 4.63. The van der Waals surface area contributed by atoms with Gasteiger partial charge in [0.2, 0.25) is 0 Å². The molecule has 0 aliphatic rings. The second kappa shape index (κ2) is 9.45. The first kappa shape index (κ1) is 21.4. The maximum atomic E-state index is 12.9. The first-order valence-electron chi connectivity index (χ1n) is 9.31. The molecule has 5 nitrogen and oxygen atoms in total. The summed E-state index contributed by atoms with van der Waals surface area (Å²) in [4.78, 5) is 12.6. The molecule has 29 heavy (non-hydrogen) atoms. The zero-order valence-corrected chi connectivity index (χ0v) is 17.9. The lowest BCUT2D eigenvalue weighted by Crippen LogP contribution is -2.40. The van der Waals surface area contributed by atoms with Gasteiger partial charge >= 0.3 is 12.8 Å². The maximum Gasteiger partial charge on any atom is 0.409 e. The minimum atomic E-state index is -3.86. The normalized spacial score (nSPS) is 14.3. The highest BCUT2D eigenvalue weighted by Gasteiger charge is 2.33. The van der Waals surface area contributed by atoms with Gasteiger partial charge in [-0.15, -0.1) is 0 Å². The van der Waals surface area contributed by atoms with Crippen molar-refractivity contribution in [2.24, 2.45) is 5.92 Å². The molecule has 0 radical (unpaired) electrons. The lowest BCUT2D eigenvalue weighted by molar-refractivity contribution is -0.148. The zero-order valence-electron chi connectivity index (χ0n) is 16.2. The summed E-state index contributed by atoms with van der Waals surface area (Å²) in [5.74, 6) is -0.359. The second-order valence-corrected chi connectivity index (χ2v) is 9.73.